The molecule has 242 valence electrons. The van der Waals surface area contributed by atoms with Gasteiger partial charge in [0, 0.05) is 23.5 Å². The summed E-state index contributed by atoms with van der Waals surface area (Å²) in [6.45, 7) is 5.19. The smallest absolute Gasteiger partial charge is 0.264 e. The van der Waals surface area contributed by atoms with Crippen LogP contribution in [0.1, 0.15) is 37.0 Å². The second kappa shape index (κ2) is 16.0. The van der Waals surface area contributed by atoms with Crippen molar-refractivity contribution < 1.29 is 18.0 Å². The Bertz CT molecular complexity index is 1770. The molecule has 7 nitrogen and oxygen atoms in total. The Morgan fingerprint density at radius 3 is 2.17 bits per heavy atom. The number of carbonyl (C=O) groups excluding carboxylic acids is 2. The molecule has 4 rings (SSSR count). The SMILES string of the molecule is CCC(C)NC(=O)C(Cc1ccccc1)N(Cc1cccc(Br)c1)C(=O)CN(c1ccc(Cl)c(Cl)c1)S(=O)(=O)c1ccc(C)cc1. The average Bonchev–Trinajstić information content (AvgIpc) is 3.03. The topological polar surface area (TPSA) is 86.8 Å². The molecule has 0 spiro atoms. The van der Waals surface area contributed by atoms with Crippen LogP contribution in [0.15, 0.2) is 106 Å². The van der Waals surface area contributed by atoms with Crippen molar-refractivity contribution in [2.45, 2.75) is 57.1 Å². The summed E-state index contributed by atoms with van der Waals surface area (Å²) < 4.78 is 30.2. The van der Waals surface area contributed by atoms with Gasteiger partial charge < -0.3 is 10.2 Å². The van der Waals surface area contributed by atoms with Gasteiger partial charge in [-0.1, -0.05) is 106 Å². The number of aryl methyl sites for hydroxylation is 1. The van der Waals surface area contributed by atoms with E-state index in [1.54, 1.807) is 12.1 Å². The van der Waals surface area contributed by atoms with Crippen molar-refractivity contribution in [3.8, 4) is 0 Å². The van der Waals surface area contributed by atoms with Crippen molar-refractivity contribution in [1.29, 1.82) is 0 Å². The minimum atomic E-state index is -4.26. The Balaban J connectivity index is 1.83. The number of carbonyl (C=O) groups is 2. The molecule has 11 heteroatoms. The summed E-state index contributed by atoms with van der Waals surface area (Å²) in [6, 6.07) is 26.6. The molecule has 0 fully saturated rings. The Morgan fingerprint density at radius 2 is 1.54 bits per heavy atom. The highest BCUT2D eigenvalue weighted by Crippen LogP contribution is 2.31. The summed E-state index contributed by atoms with van der Waals surface area (Å²) >= 11 is 16.0. The van der Waals surface area contributed by atoms with Gasteiger partial charge >= 0.3 is 0 Å². The molecule has 0 aliphatic carbocycles. The van der Waals surface area contributed by atoms with E-state index in [9.17, 15) is 18.0 Å². The molecule has 1 N–H and O–H groups in total. The molecular weight excluding hydrogens is 709 g/mol. The van der Waals surface area contributed by atoms with Crippen LogP contribution in [0.5, 0.6) is 0 Å². The van der Waals surface area contributed by atoms with Crippen LogP contribution in [-0.2, 0) is 32.6 Å². The highest BCUT2D eigenvalue weighted by Gasteiger charge is 2.35. The van der Waals surface area contributed by atoms with Gasteiger partial charge in [-0.2, -0.15) is 0 Å². The van der Waals surface area contributed by atoms with Gasteiger partial charge in [-0.3, -0.25) is 13.9 Å². The second-order valence-electron chi connectivity index (χ2n) is 11.1. The molecule has 0 radical (unpaired) electrons. The predicted molar refractivity (Wildman–Crippen MR) is 189 cm³/mol. The first-order valence-electron chi connectivity index (χ1n) is 14.8. The number of sulfonamides is 1. The highest BCUT2D eigenvalue weighted by molar-refractivity contribution is 9.10. The molecule has 2 amide bonds. The molecule has 0 saturated carbocycles. The van der Waals surface area contributed by atoms with E-state index in [0.717, 1.165) is 25.5 Å². The van der Waals surface area contributed by atoms with Crippen molar-refractivity contribution in [2.75, 3.05) is 10.8 Å². The standard InChI is InChI=1S/C35H36BrCl2N3O4S/c1-4-25(3)39-35(43)33(20-26-9-6-5-7-10-26)40(22-27-11-8-12-28(36)19-27)34(42)23-41(29-15-18-31(37)32(38)21-29)46(44,45)30-16-13-24(2)14-17-30/h5-19,21,25,33H,4,20,22-23H2,1-3H3,(H,39,43). The number of rotatable bonds is 13. The third-order valence-electron chi connectivity index (χ3n) is 7.59. The Morgan fingerprint density at radius 1 is 0.870 bits per heavy atom. The number of benzene rings is 4. The largest absolute Gasteiger partial charge is 0.352 e. The van der Waals surface area contributed by atoms with E-state index in [1.165, 1.54) is 35.2 Å². The van der Waals surface area contributed by atoms with Gasteiger partial charge in [-0.25, -0.2) is 8.42 Å². The Hall–Kier alpha value is -3.37. The predicted octanol–water partition coefficient (Wildman–Crippen LogP) is 7.81. The lowest BCUT2D eigenvalue weighted by molar-refractivity contribution is -0.140. The summed E-state index contributed by atoms with van der Waals surface area (Å²) in [4.78, 5) is 30.0. The van der Waals surface area contributed by atoms with Gasteiger partial charge in [0.1, 0.15) is 12.6 Å². The molecule has 0 aliphatic rings. The number of hydrogen-bond acceptors (Lipinski definition) is 4. The zero-order valence-electron chi connectivity index (χ0n) is 25.8. The quantitative estimate of drug-likeness (QED) is 0.151. The molecule has 0 heterocycles. The normalized spacial score (nSPS) is 12.7. The summed E-state index contributed by atoms with van der Waals surface area (Å²) in [6.07, 6.45) is 0.920. The average molecular weight is 746 g/mol. The first-order chi connectivity index (χ1) is 21.9. The number of nitrogens with zero attached hydrogens (tertiary/aromatic N) is 2. The summed E-state index contributed by atoms with van der Waals surface area (Å²) in [7, 11) is -4.26. The van der Waals surface area contributed by atoms with Crippen LogP contribution < -0.4 is 9.62 Å². The molecule has 0 aromatic heterocycles. The molecule has 46 heavy (non-hydrogen) atoms. The fraction of sp³-hybridized carbons (Fsp3) is 0.257. The lowest BCUT2D eigenvalue weighted by Gasteiger charge is -2.34. The maximum absolute atomic E-state index is 14.6. The van der Waals surface area contributed by atoms with Gasteiger partial charge in [0.05, 0.1) is 20.6 Å². The number of hydrogen-bond donors (Lipinski definition) is 1. The Kier molecular flexibility index (Phi) is 12.3. The minimum Gasteiger partial charge on any atom is -0.352 e. The van der Waals surface area contributed by atoms with Gasteiger partial charge in [0.25, 0.3) is 10.0 Å². The lowest BCUT2D eigenvalue weighted by atomic mass is 10.0. The molecule has 0 saturated heterocycles. The molecule has 2 atom stereocenters. The lowest BCUT2D eigenvalue weighted by Crippen LogP contribution is -2.54. The molecule has 4 aromatic carbocycles. The van der Waals surface area contributed by atoms with E-state index in [1.807, 2.05) is 75.4 Å². The van der Waals surface area contributed by atoms with Gasteiger partial charge in [-0.05, 0) is 73.9 Å². The van der Waals surface area contributed by atoms with Crippen molar-refractivity contribution in [3.05, 3.63) is 128 Å². The monoisotopic (exact) mass is 743 g/mol. The van der Waals surface area contributed by atoms with Crippen LogP contribution in [0.4, 0.5) is 5.69 Å². The van der Waals surface area contributed by atoms with Gasteiger partial charge in [-0.15, -0.1) is 0 Å². The fourth-order valence-corrected chi connectivity index (χ4v) is 6.98. The van der Waals surface area contributed by atoms with E-state index in [4.69, 9.17) is 23.2 Å². The van der Waals surface area contributed by atoms with Gasteiger partial charge in [0.2, 0.25) is 11.8 Å². The van der Waals surface area contributed by atoms with E-state index < -0.39 is 28.5 Å². The third-order valence-corrected chi connectivity index (χ3v) is 10.6. The van der Waals surface area contributed by atoms with Gasteiger partial charge in [0.15, 0.2) is 0 Å². The number of anilines is 1. The van der Waals surface area contributed by atoms with Crippen LogP contribution in [0, 0.1) is 6.92 Å². The van der Waals surface area contributed by atoms with E-state index >= 15 is 0 Å². The van der Waals surface area contributed by atoms with Crippen molar-refractivity contribution in [1.82, 2.24) is 10.2 Å². The number of amides is 2. The van der Waals surface area contributed by atoms with Crippen LogP contribution in [-0.4, -0.2) is 43.8 Å². The fourth-order valence-electron chi connectivity index (χ4n) is 4.83. The first-order valence-corrected chi connectivity index (χ1v) is 17.8. The minimum absolute atomic E-state index is 0.00543. The Labute approximate surface area is 289 Å². The molecule has 2 unspecified atom stereocenters. The maximum Gasteiger partial charge on any atom is 0.264 e. The van der Waals surface area contributed by atoms with Crippen molar-refractivity contribution in [2.24, 2.45) is 0 Å². The molecule has 0 aliphatic heterocycles. The molecule has 0 bridgehead atoms. The van der Waals surface area contributed by atoms with Crippen molar-refractivity contribution in [3.63, 3.8) is 0 Å². The third kappa shape index (κ3) is 9.12. The van der Waals surface area contributed by atoms with Crippen LogP contribution in [0.2, 0.25) is 10.0 Å². The molecule has 4 aromatic rings. The van der Waals surface area contributed by atoms with E-state index in [0.29, 0.717) is 6.42 Å². The first kappa shape index (κ1) is 35.5. The maximum atomic E-state index is 14.6. The van der Waals surface area contributed by atoms with Crippen LogP contribution in [0.3, 0.4) is 0 Å². The zero-order valence-corrected chi connectivity index (χ0v) is 29.7. The summed E-state index contributed by atoms with van der Waals surface area (Å²) in [5.74, 6) is -0.897. The number of halogens is 3. The number of nitrogens with one attached hydrogen (secondary N) is 1. The van der Waals surface area contributed by atoms with Crippen LogP contribution >= 0.6 is 39.1 Å². The van der Waals surface area contributed by atoms with Crippen LogP contribution in [0.25, 0.3) is 0 Å². The highest BCUT2D eigenvalue weighted by atomic mass is 79.9. The summed E-state index contributed by atoms with van der Waals surface area (Å²) in [5.41, 5.74) is 2.66. The van der Waals surface area contributed by atoms with E-state index in [2.05, 4.69) is 21.2 Å². The second-order valence-corrected chi connectivity index (χ2v) is 14.7. The molecular formula is C35H36BrCl2N3O4S. The summed E-state index contributed by atoms with van der Waals surface area (Å²) in [5, 5.41) is 3.41. The zero-order chi connectivity index (χ0) is 33.4. The van der Waals surface area contributed by atoms with E-state index in [-0.39, 0.29) is 45.5 Å². The van der Waals surface area contributed by atoms with Crippen molar-refractivity contribution >= 4 is 66.7 Å².